The third kappa shape index (κ3) is 4.22. The number of benzene rings is 1. The Morgan fingerprint density at radius 2 is 1.70 bits per heavy atom. The smallest absolute Gasteiger partial charge is 0.183 e. The highest BCUT2D eigenvalue weighted by Crippen LogP contribution is 2.33. The summed E-state index contributed by atoms with van der Waals surface area (Å²) in [6, 6.07) is 8.17. The van der Waals surface area contributed by atoms with Crippen LogP contribution < -0.4 is 0 Å². The molecule has 0 saturated heterocycles. The van der Waals surface area contributed by atoms with Gasteiger partial charge in [-0.2, -0.15) is 0 Å². The van der Waals surface area contributed by atoms with Crippen molar-refractivity contribution >= 4 is 11.8 Å². The van der Waals surface area contributed by atoms with Crippen molar-refractivity contribution in [3.63, 3.8) is 0 Å². The average molecular weight is 296 g/mol. The van der Waals surface area contributed by atoms with Gasteiger partial charge in [0, 0.05) is 30.4 Å². The number of aliphatic hydroxyl groups is 1. The summed E-state index contributed by atoms with van der Waals surface area (Å²) in [5.41, 5.74) is 0.541. The van der Waals surface area contributed by atoms with E-state index in [9.17, 15) is 5.11 Å². The lowest BCUT2D eigenvalue weighted by Crippen LogP contribution is -2.33. The second-order valence-corrected chi connectivity index (χ2v) is 6.49. The Labute approximate surface area is 125 Å². The summed E-state index contributed by atoms with van der Waals surface area (Å²) in [6.45, 7) is 0. The Balaban J connectivity index is 1.90. The lowest BCUT2D eigenvalue weighted by Gasteiger charge is -2.31. The van der Waals surface area contributed by atoms with Gasteiger partial charge in [-0.3, -0.25) is 0 Å². The molecule has 0 unspecified atom stereocenters. The number of thioether (sulfide) groups is 1. The van der Waals surface area contributed by atoms with Gasteiger partial charge in [0.05, 0.1) is 5.60 Å². The van der Waals surface area contributed by atoms with Crippen molar-refractivity contribution in [1.29, 1.82) is 0 Å². The third-order valence-electron chi connectivity index (χ3n) is 3.87. The van der Waals surface area contributed by atoms with Crippen molar-refractivity contribution in [2.45, 2.75) is 48.9 Å². The first-order valence-electron chi connectivity index (χ1n) is 7.18. The van der Waals surface area contributed by atoms with Crippen molar-refractivity contribution < 1.29 is 14.6 Å². The molecule has 1 aromatic rings. The monoisotopic (exact) mass is 296 g/mol. The first-order chi connectivity index (χ1) is 9.67. The maximum absolute atomic E-state index is 10.5. The molecule has 1 aromatic carbocycles. The average Bonchev–Trinajstić information content (AvgIpc) is 2.48. The largest absolute Gasteiger partial charge is 0.389 e. The lowest BCUT2D eigenvalue weighted by molar-refractivity contribution is -0.106. The minimum atomic E-state index is -0.469. The molecule has 1 N–H and O–H groups in total. The zero-order chi connectivity index (χ0) is 14.4. The molecule has 0 aliphatic heterocycles. The highest BCUT2D eigenvalue weighted by molar-refractivity contribution is 7.99. The molecule has 4 heteroatoms. The fourth-order valence-electron chi connectivity index (χ4n) is 2.66. The topological polar surface area (TPSA) is 38.7 Å². The molecule has 0 amide bonds. The summed E-state index contributed by atoms with van der Waals surface area (Å²) in [5, 5.41) is 10.5. The van der Waals surface area contributed by atoms with E-state index in [1.54, 1.807) is 26.0 Å². The SMILES string of the molecule is COC(OC)c1ccc(SCC2(O)CCCCC2)cc1. The lowest BCUT2D eigenvalue weighted by atomic mass is 9.86. The van der Waals surface area contributed by atoms with E-state index in [0.29, 0.717) is 0 Å². The van der Waals surface area contributed by atoms with E-state index in [1.807, 2.05) is 12.1 Å². The first kappa shape index (κ1) is 15.8. The van der Waals surface area contributed by atoms with E-state index >= 15 is 0 Å². The van der Waals surface area contributed by atoms with Crippen LogP contribution >= 0.6 is 11.8 Å². The van der Waals surface area contributed by atoms with Crippen LogP contribution in [0.4, 0.5) is 0 Å². The first-order valence-corrected chi connectivity index (χ1v) is 8.16. The van der Waals surface area contributed by atoms with Crippen LogP contribution in [-0.2, 0) is 9.47 Å². The highest BCUT2D eigenvalue weighted by atomic mass is 32.2. The predicted octanol–water partition coefficient (Wildman–Crippen LogP) is 3.77. The summed E-state index contributed by atoms with van der Waals surface area (Å²) < 4.78 is 10.5. The zero-order valence-electron chi connectivity index (χ0n) is 12.3. The number of rotatable bonds is 6. The quantitative estimate of drug-likeness (QED) is 0.641. The maximum Gasteiger partial charge on any atom is 0.183 e. The van der Waals surface area contributed by atoms with Crippen LogP contribution in [0.3, 0.4) is 0 Å². The van der Waals surface area contributed by atoms with Gasteiger partial charge in [-0.1, -0.05) is 31.4 Å². The molecule has 0 aromatic heterocycles. The van der Waals surface area contributed by atoms with Crippen LogP contribution in [0.15, 0.2) is 29.2 Å². The van der Waals surface area contributed by atoms with Crippen molar-refractivity contribution in [3.8, 4) is 0 Å². The van der Waals surface area contributed by atoms with Crippen molar-refractivity contribution in [2.24, 2.45) is 0 Å². The summed E-state index contributed by atoms with van der Waals surface area (Å²) in [7, 11) is 3.27. The van der Waals surface area contributed by atoms with Crippen molar-refractivity contribution in [3.05, 3.63) is 29.8 Å². The third-order valence-corrected chi connectivity index (χ3v) is 5.16. The molecule has 20 heavy (non-hydrogen) atoms. The van der Waals surface area contributed by atoms with E-state index in [2.05, 4.69) is 12.1 Å². The zero-order valence-corrected chi connectivity index (χ0v) is 13.1. The van der Waals surface area contributed by atoms with Crippen molar-refractivity contribution in [1.82, 2.24) is 0 Å². The van der Waals surface area contributed by atoms with Crippen LogP contribution in [-0.4, -0.2) is 30.7 Å². The molecule has 1 fully saturated rings. The van der Waals surface area contributed by atoms with Crippen LogP contribution in [0, 0.1) is 0 Å². The minimum Gasteiger partial charge on any atom is -0.389 e. The van der Waals surface area contributed by atoms with E-state index in [1.165, 1.54) is 11.3 Å². The van der Waals surface area contributed by atoms with Gasteiger partial charge in [0.2, 0.25) is 0 Å². The highest BCUT2D eigenvalue weighted by Gasteiger charge is 2.28. The van der Waals surface area contributed by atoms with Gasteiger partial charge in [-0.25, -0.2) is 0 Å². The molecule has 0 radical (unpaired) electrons. The second-order valence-electron chi connectivity index (χ2n) is 5.45. The number of hydrogen-bond acceptors (Lipinski definition) is 4. The molecule has 2 rings (SSSR count). The van der Waals surface area contributed by atoms with Crippen molar-refractivity contribution in [2.75, 3.05) is 20.0 Å². The van der Waals surface area contributed by atoms with Crippen LogP contribution in [0.25, 0.3) is 0 Å². The summed E-state index contributed by atoms with van der Waals surface area (Å²) in [6.07, 6.45) is 5.13. The summed E-state index contributed by atoms with van der Waals surface area (Å²) in [4.78, 5) is 1.18. The van der Waals surface area contributed by atoms with Gasteiger partial charge in [0.15, 0.2) is 6.29 Å². The molecule has 0 bridgehead atoms. The van der Waals surface area contributed by atoms with Gasteiger partial charge < -0.3 is 14.6 Å². The molecular weight excluding hydrogens is 272 g/mol. The summed E-state index contributed by atoms with van der Waals surface area (Å²) in [5.74, 6) is 0.782. The fraction of sp³-hybridized carbons (Fsp3) is 0.625. The Morgan fingerprint density at radius 3 is 2.25 bits per heavy atom. The van der Waals surface area contributed by atoms with Gasteiger partial charge in [0.25, 0.3) is 0 Å². The predicted molar refractivity (Wildman–Crippen MR) is 82.0 cm³/mol. The Hall–Kier alpha value is -0.550. The van der Waals surface area contributed by atoms with E-state index in [-0.39, 0.29) is 6.29 Å². The molecule has 1 aliphatic carbocycles. The Kier molecular flexibility index (Phi) is 5.90. The fourth-order valence-corrected chi connectivity index (χ4v) is 3.71. The van der Waals surface area contributed by atoms with Crippen LogP contribution in [0.2, 0.25) is 0 Å². The maximum atomic E-state index is 10.5. The molecule has 0 spiro atoms. The molecule has 0 atom stereocenters. The standard InChI is InChI=1S/C16H24O3S/c1-18-15(19-2)13-6-8-14(9-7-13)20-12-16(17)10-4-3-5-11-16/h6-9,15,17H,3-5,10-12H2,1-2H3. The van der Waals surface area contributed by atoms with Crippen LogP contribution in [0.5, 0.6) is 0 Å². The van der Waals surface area contributed by atoms with Crippen LogP contribution in [0.1, 0.15) is 44.0 Å². The molecule has 0 heterocycles. The summed E-state index contributed by atoms with van der Waals surface area (Å²) >= 11 is 1.73. The number of hydrogen-bond donors (Lipinski definition) is 1. The molecule has 112 valence electrons. The van der Waals surface area contributed by atoms with Gasteiger partial charge >= 0.3 is 0 Å². The second kappa shape index (κ2) is 7.46. The molecule has 3 nitrogen and oxygen atoms in total. The van der Waals surface area contributed by atoms with E-state index < -0.39 is 5.60 Å². The van der Waals surface area contributed by atoms with Gasteiger partial charge in [-0.15, -0.1) is 11.8 Å². The van der Waals surface area contributed by atoms with E-state index in [0.717, 1.165) is 37.0 Å². The number of methoxy groups -OCH3 is 2. The Bertz CT molecular complexity index is 395. The normalized spacial score (nSPS) is 18.4. The molecular formula is C16H24O3S. The van der Waals surface area contributed by atoms with Gasteiger partial charge in [-0.05, 0) is 25.0 Å². The Morgan fingerprint density at radius 1 is 1.10 bits per heavy atom. The molecule has 1 saturated carbocycles. The minimum absolute atomic E-state index is 0.309. The van der Waals surface area contributed by atoms with E-state index in [4.69, 9.17) is 9.47 Å². The molecule has 1 aliphatic rings. The van der Waals surface area contributed by atoms with Gasteiger partial charge in [0.1, 0.15) is 0 Å². The number of ether oxygens (including phenoxy) is 2.